The van der Waals surface area contributed by atoms with Crippen molar-refractivity contribution in [3.63, 3.8) is 0 Å². The zero-order valence-corrected chi connectivity index (χ0v) is 9.89. The van der Waals surface area contributed by atoms with Crippen molar-refractivity contribution in [2.45, 2.75) is 19.3 Å². The monoisotopic (exact) mass is 238 g/mol. The van der Waals surface area contributed by atoms with E-state index in [0.717, 1.165) is 32.4 Å². The summed E-state index contributed by atoms with van der Waals surface area (Å²) in [6.45, 7) is 1.64. The molecule has 0 atom stereocenters. The number of likely N-dealkylation sites (tertiary alicyclic amines) is 1. The van der Waals surface area contributed by atoms with E-state index in [0.29, 0.717) is 0 Å². The highest BCUT2D eigenvalue weighted by Crippen LogP contribution is 2.09. The van der Waals surface area contributed by atoms with Crippen LogP contribution >= 0.6 is 0 Å². The third kappa shape index (κ3) is 4.87. The number of amides is 1. The maximum atomic E-state index is 11.9. The van der Waals surface area contributed by atoms with Gasteiger partial charge < -0.3 is 10.0 Å². The van der Waals surface area contributed by atoms with Crippen molar-refractivity contribution >= 4 is 11.9 Å². The Hall–Kier alpha value is -1.54. The predicted molar refractivity (Wildman–Crippen MR) is 63.3 cm³/mol. The fourth-order valence-corrected chi connectivity index (χ4v) is 1.92. The van der Waals surface area contributed by atoms with Crippen LogP contribution in [0.4, 0.5) is 0 Å². The summed E-state index contributed by atoms with van der Waals surface area (Å²) in [5.74, 6) is 1.38. The van der Waals surface area contributed by atoms with Gasteiger partial charge in [0, 0.05) is 13.1 Å². The van der Waals surface area contributed by atoms with Gasteiger partial charge in [0.2, 0.25) is 5.91 Å². The first-order valence-corrected chi connectivity index (χ1v) is 5.79. The second-order valence-corrected chi connectivity index (χ2v) is 4.18. The molecule has 1 amide bonds. The zero-order valence-electron chi connectivity index (χ0n) is 9.89. The Morgan fingerprint density at radius 3 is 2.41 bits per heavy atom. The number of carboxylic acids is 1. The summed E-state index contributed by atoms with van der Waals surface area (Å²) in [5.41, 5.74) is 0. The number of carbonyl (C=O) groups excluding carboxylic acids is 1. The molecule has 0 aromatic carbocycles. The third-order valence-electron chi connectivity index (χ3n) is 2.74. The fraction of sp³-hybridized carbons (Fsp3) is 0.667. The first kappa shape index (κ1) is 13.5. The molecule has 0 radical (unpaired) electrons. The lowest BCUT2D eigenvalue weighted by molar-refractivity contribution is -0.139. The lowest BCUT2D eigenvalue weighted by Crippen LogP contribution is -2.44. The Morgan fingerprint density at radius 1 is 1.24 bits per heavy atom. The molecule has 0 bridgehead atoms. The van der Waals surface area contributed by atoms with E-state index in [4.69, 9.17) is 11.5 Å². The van der Waals surface area contributed by atoms with Crippen LogP contribution in [0.2, 0.25) is 0 Å². The van der Waals surface area contributed by atoms with E-state index in [2.05, 4.69) is 5.92 Å². The summed E-state index contributed by atoms with van der Waals surface area (Å²) in [4.78, 5) is 25.8. The molecular formula is C12H18N2O3. The first-order valence-electron chi connectivity index (χ1n) is 5.79. The summed E-state index contributed by atoms with van der Waals surface area (Å²) in [7, 11) is 0. The number of aliphatic carboxylic acids is 1. The number of hydrogen-bond acceptors (Lipinski definition) is 3. The number of carbonyl (C=O) groups is 2. The number of carboxylic acid groups (broad SMARTS) is 1. The molecule has 1 N–H and O–H groups in total. The van der Waals surface area contributed by atoms with Crippen LogP contribution in [0, 0.1) is 12.3 Å². The molecule has 0 spiro atoms. The van der Waals surface area contributed by atoms with Gasteiger partial charge in [-0.25, -0.2) is 0 Å². The van der Waals surface area contributed by atoms with E-state index in [1.54, 1.807) is 4.90 Å². The third-order valence-corrected chi connectivity index (χ3v) is 2.74. The topological polar surface area (TPSA) is 60.9 Å². The molecule has 1 aliphatic heterocycles. The number of nitrogens with zero attached hydrogens (tertiary/aromatic N) is 2. The molecular weight excluding hydrogens is 220 g/mol. The summed E-state index contributed by atoms with van der Waals surface area (Å²) in [5, 5.41) is 8.70. The Bertz CT molecular complexity index is 316. The summed E-state index contributed by atoms with van der Waals surface area (Å²) in [6, 6.07) is 0. The number of piperidine rings is 1. The SMILES string of the molecule is C#CCN(CC(=O)O)CC(=O)N1CCCCC1. The maximum absolute atomic E-state index is 11.9. The Labute approximate surface area is 101 Å². The van der Waals surface area contributed by atoms with Crippen molar-refractivity contribution in [1.82, 2.24) is 9.80 Å². The smallest absolute Gasteiger partial charge is 0.317 e. The molecule has 1 aliphatic rings. The van der Waals surface area contributed by atoms with Gasteiger partial charge in [0.15, 0.2) is 0 Å². The highest BCUT2D eigenvalue weighted by atomic mass is 16.4. The van der Waals surface area contributed by atoms with Gasteiger partial charge in [0.05, 0.1) is 19.6 Å². The Kier molecular flexibility index (Phi) is 5.50. The van der Waals surface area contributed by atoms with Gasteiger partial charge in [-0.1, -0.05) is 5.92 Å². The maximum Gasteiger partial charge on any atom is 0.317 e. The molecule has 1 rings (SSSR count). The Balaban J connectivity index is 2.44. The predicted octanol–water partition coefficient (Wildman–Crippen LogP) is 0.0187. The van der Waals surface area contributed by atoms with Crippen molar-refractivity contribution < 1.29 is 14.7 Å². The van der Waals surface area contributed by atoms with E-state index in [-0.39, 0.29) is 25.5 Å². The van der Waals surface area contributed by atoms with E-state index in [1.165, 1.54) is 4.90 Å². The minimum atomic E-state index is -0.966. The van der Waals surface area contributed by atoms with Gasteiger partial charge in [-0.3, -0.25) is 14.5 Å². The second-order valence-electron chi connectivity index (χ2n) is 4.18. The molecule has 94 valence electrons. The number of rotatable bonds is 5. The number of terminal acetylenes is 1. The van der Waals surface area contributed by atoms with Crippen LogP contribution in [0.15, 0.2) is 0 Å². The van der Waals surface area contributed by atoms with Crippen LogP contribution in [0.3, 0.4) is 0 Å². The normalized spacial score (nSPS) is 15.6. The van der Waals surface area contributed by atoms with E-state index in [9.17, 15) is 9.59 Å². The van der Waals surface area contributed by atoms with Gasteiger partial charge in [-0.15, -0.1) is 6.42 Å². The standard InChI is InChI=1S/C12H18N2O3/c1-2-6-13(10-12(16)17)9-11(15)14-7-4-3-5-8-14/h1H,3-10H2,(H,16,17). The zero-order chi connectivity index (χ0) is 12.7. The van der Waals surface area contributed by atoms with Crippen molar-refractivity contribution in [3.05, 3.63) is 0 Å². The second kappa shape index (κ2) is 6.92. The molecule has 0 unspecified atom stereocenters. The van der Waals surface area contributed by atoms with Gasteiger partial charge in [-0.05, 0) is 19.3 Å². The quantitative estimate of drug-likeness (QED) is 0.686. The van der Waals surface area contributed by atoms with Crippen LogP contribution in [0.5, 0.6) is 0 Å². The molecule has 0 aromatic heterocycles. The van der Waals surface area contributed by atoms with Gasteiger partial charge in [-0.2, -0.15) is 0 Å². The molecule has 1 heterocycles. The van der Waals surface area contributed by atoms with Crippen LogP contribution in [0.25, 0.3) is 0 Å². The van der Waals surface area contributed by atoms with Crippen molar-refractivity contribution in [1.29, 1.82) is 0 Å². The lowest BCUT2D eigenvalue weighted by atomic mass is 10.1. The molecule has 1 fully saturated rings. The summed E-state index contributed by atoms with van der Waals surface area (Å²) < 4.78 is 0. The van der Waals surface area contributed by atoms with Crippen LogP contribution in [-0.4, -0.2) is 59.5 Å². The van der Waals surface area contributed by atoms with Crippen molar-refractivity contribution in [3.8, 4) is 12.3 Å². The highest BCUT2D eigenvalue weighted by Gasteiger charge is 2.19. The molecule has 0 aliphatic carbocycles. The lowest BCUT2D eigenvalue weighted by Gasteiger charge is -2.28. The van der Waals surface area contributed by atoms with Crippen LogP contribution in [-0.2, 0) is 9.59 Å². The molecule has 17 heavy (non-hydrogen) atoms. The highest BCUT2D eigenvalue weighted by molar-refractivity contribution is 5.79. The summed E-state index contributed by atoms with van der Waals surface area (Å²) in [6.07, 6.45) is 8.36. The van der Waals surface area contributed by atoms with E-state index < -0.39 is 5.97 Å². The number of hydrogen-bond donors (Lipinski definition) is 1. The van der Waals surface area contributed by atoms with E-state index >= 15 is 0 Å². The van der Waals surface area contributed by atoms with Crippen molar-refractivity contribution in [2.24, 2.45) is 0 Å². The van der Waals surface area contributed by atoms with Gasteiger partial charge >= 0.3 is 5.97 Å². The van der Waals surface area contributed by atoms with Crippen LogP contribution in [0.1, 0.15) is 19.3 Å². The minimum absolute atomic E-state index is 0.0267. The summed E-state index contributed by atoms with van der Waals surface area (Å²) >= 11 is 0. The van der Waals surface area contributed by atoms with Crippen molar-refractivity contribution in [2.75, 3.05) is 32.7 Å². The molecule has 1 saturated heterocycles. The fourth-order valence-electron chi connectivity index (χ4n) is 1.92. The molecule has 0 saturated carbocycles. The first-order chi connectivity index (χ1) is 8.13. The minimum Gasteiger partial charge on any atom is -0.480 e. The molecule has 0 aromatic rings. The van der Waals surface area contributed by atoms with Gasteiger partial charge in [0.1, 0.15) is 0 Å². The van der Waals surface area contributed by atoms with E-state index in [1.807, 2.05) is 0 Å². The van der Waals surface area contributed by atoms with Gasteiger partial charge in [0.25, 0.3) is 0 Å². The molecule has 5 heteroatoms. The van der Waals surface area contributed by atoms with Crippen LogP contribution < -0.4 is 0 Å². The largest absolute Gasteiger partial charge is 0.480 e. The molecule has 5 nitrogen and oxygen atoms in total. The average molecular weight is 238 g/mol. The average Bonchev–Trinajstić information content (AvgIpc) is 2.29. The Morgan fingerprint density at radius 2 is 1.88 bits per heavy atom.